The van der Waals surface area contributed by atoms with Gasteiger partial charge in [0.1, 0.15) is 0 Å². The van der Waals surface area contributed by atoms with Crippen LogP contribution in [-0.2, 0) is 9.53 Å². The maximum Gasteiger partial charge on any atom is 0.222 e. The van der Waals surface area contributed by atoms with Gasteiger partial charge in [-0.3, -0.25) is 4.79 Å². The number of aliphatic hydroxyl groups is 1. The molecule has 0 bridgehead atoms. The van der Waals surface area contributed by atoms with E-state index in [1.807, 2.05) is 0 Å². The molecular formula is C11H22N2O3. The third-order valence-corrected chi connectivity index (χ3v) is 3.34. The zero-order chi connectivity index (χ0) is 12.2. The van der Waals surface area contributed by atoms with E-state index in [9.17, 15) is 4.79 Å². The third kappa shape index (κ3) is 3.43. The number of carbonyl (C=O) groups is 1. The molecule has 94 valence electrons. The highest BCUT2D eigenvalue weighted by molar-refractivity contribution is 5.77. The van der Waals surface area contributed by atoms with Crippen molar-refractivity contribution in [3.05, 3.63) is 0 Å². The second-order valence-electron chi connectivity index (χ2n) is 4.63. The van der Waals surface area contributed by atoms with Crippen molar-refractivity contribution in [2.45, 2.75) is 50.4 Å². The lowest BCUT2D eigenvalue weighted by molar-refractivity contribution is -0.134. The fraction of sp³-hybridized carbons (Fsp3) is 0.909. The molecule has 0 aromatic heterocycles. The highest BCUT2D eigenvalue weighted by Crippen LogP contribution is 2.37. The van der Waals surface area contributed by atoms with Crippen LogP contribution in [0, 0.1) is 0 Å². The minimum Gasteiger partial charge on any atom is -0.392 e. The van der Waals surface area contributed by atoms with Gasteiger partial charge in [-0.1, -0.05) is 0 Å². The van der Waals surface area contributed by atoms with Crippen LogP contribution in [0.3, 0.4) is 0 Å². The summed E-state index contributed by atoms with van der Waals surface area (Å²) in [4.78, 5) is 11.6. The number of rotatable bonds is 6. The van der Waals surface area contributed by atoms with E-state index in [1.54, 1.807) is 14.0 Å². The van der Waals surface area contributed by atoms with Gasteiger partial charge >= 0.3 is 0 Å². The summed E-state index contributed by atoms with van der Waals surface area (Å²) in [6.45, 7) is 1.91. The van der Waals surface area contributed by atoms with Crippen LogP contribution in [0.4, 0.5) is 0 Å². The SMILES string of the molecule is COC1(CC(=O)NCC(N)C(C)O)CCC1. The normalized spacial score (nSPS) is 22.0. The summed E-state index contributed by atoms with van der Waals surface area (Å²) in [6, 6.07) is -0.413. The summed E-state index contributed by atoms with van der Waals surface area (Å²) in [5.74, 6) is -0.0577. The van der Waals surface area contributed by atoms with Crippen molar-refractivity contribution in [3.63, 3.8) is 0 Å². The lowest BCUT2D eigenvalue weighted by Crippen LogP contribution is -2.47. The van der Waals surface area contributed by atoms with Crippen molar-refractivity contribution in [2.24, 2.45) is 5.73 Å². The zero-order valence-corrected chi connectivity index (χ0v) is 10.0. The Hall–Kier alpha value is -0.650. The van der Waals surface area contributed by atoms with Crippen molar-refractivity contribution in [1.82, 2.24) is 5.32 Å². The number of hydrogen-bond acceptors (Lipinski definition) is 4. The van der Waals surface area contributed by atoms with Crippen LogP contribution in [0.25, 0.3) is 0 Å². The van der Waals surface area contributed by atoms with E-state index < -0.39 is 12.1 Å². The molecule has 2 atom stereocenters. The predicted octanol–water partition coefficient (Wildman–Crippen LogP) is -0.230. The van der Waals surface area contributed by atoms with Crippen molar-refractivity contribution in [2.75, 3.05) is 13.7 Å². The maximum atomic E-state index is 11.6. The molecule has 0 radical (unpaired) electrons. The van der Waals surface area contributed by atoms with E-state index in [0.29, 0.717) is 13.0 Å². The van der Waals surface area contributed by atoms with Gasteiger partial charge in [-0.05, 0) is 26.2 Å². The summed E-state index contributed by atoms with van der Waals surface area (Å²) in [5, 5.41) is 11.9. The number of hydrogen-bond donors (Lipinski definition) is 3. The van der Waals surface area contributed by atoms with Crippen molar-refractivity contribution >= 4 is 5.91 Å². The molecule has 5 nitrogen and oxygen atoms in total. The van der Waals surface area contributed by atoms with E-state index in [0.717, 1.165) is 19.3 Å². The monoisotopic (exact) mass is 230 g/mol. The zero-order valence-electron chi connectivity index (χ0n) is 10.0. The van der Waals surface area contributed by atoms with E-state index in [1.165, 1.54) is 0 Å². The smallest absolute Gasteiger partial charge is 0.222 e. The van der Waals surface area contributed by atoms with Crippen LogP contribution in [0.15, 0.2) is 0 Å². The number of aliphatic hydroxyl groups excluding tert-OH is 1. The van der Waals surface area contributed by atoms with E-state index in [4.69, 9.17) is 15.6 Å². The molecule has 0 saturated heterocycles. The minimum absolute atomic E-state index is 0.0577. The van der Waals surface area contributed by atoms with Crippen molar-refractivity contribution in [1.29, 1.82) is 0 Å². The number of amides is 1. The molecule has 0 aromatic carbocycles. The molecule has 1 fully saturated rings. The largest absolute Gasteiger partial charge is 0.392 e. The molecule has 1 saturated carbocycles. The summed E-state index contributed by atoms with van der Waals surface area (Å²) < 4.78 is 5.36. The summed E-state index contributed by atoms with van der Waals surface area (Å²) in [6.07, 6.45) is 2.78. The van der Waals surface area contributed by atoms with Gasteiger partial charge in [0.25, 0.3) is 0 Å². The Morgan fingerprint density at radius 1 is 1.62 bits per heavy atom. The molecule has 0 spiro atoms. The fourth-order valence-electron chi connectivity index (χ4n) is 1.78. The van der Waals surface area contributed by atoms with Gasteiger partial charge in [0.15, 0.2) is 0 Å². The molecule has 5 heteroatoms. The van der Waals surface area contributed by atoms with Crippen LogP contribution in [0.5, 0.6) is 0 Å². The molecule has 2 unspecified atom stereocenters. The first-order valence-corrected chi connectivity index (χ1v) is 5.74. The Morgan fingerprint density at radius 3 is 2.62 bits per heavy atom. The summed E-state index contributed by atoms with van der Waals surface area (Å²) in [7, 11) is 1.65. The van der Waals surface area contributed by atoms with Gasteiger partial charge in [0.05, 0.1) is 18.1 Å². The van der Waals surface area contributed by atoms with Crippen LogP contribution in [0.2, 0.25) is 0 Å². The van der Waals surface area contributed by atoms with Gasteiger partial charge in [0, 0.05) is 19.7 Å². The molecule has 4 N–H and O–H groups in total. The number of ether oxygens (including phenoxy) is 1. The molecule has 0 aromatic rings. The fourth-order valence-corrected chi connectivity index (χ4v) is 1.78. The number of carbonyl (C=O) groups excluding carboxylic acids is 1. The highest BCUT2D eigenvalue weighted by Gasteiger charge is 2.38. The van der Waals surface area contributed by atoms with E-state index in [2.05, 4.69) is 5.32 Å². The Morgan fingerprint density at radius 2 is 2.25 bits per heavy atom. The van der Waals surface area contributed by atoms with E-state index >= 15 is 0 Å². The Kier molecular flexibility index (Phi) is 4.70. The molecule has 0 aliphatic heterocycles. The highest BCUT2D eigenvalue weighted by atomic mass is 16.5. The molecule has 16 heavy (non-hydrogen) atoms. The van der Waals surface area contributed by atoms with Crippen LogP contribution in [0.1, 0.15) is 32.6 Å². The van der Waals surface area contributed by atoms with E-state index in [-0.39, 0.29) is 11.5 Å². The third-order valence-electron chi connectivity index (χ3n) is 3.34. The van der Waals surface area contributed by atoms with Crippen molar-refractivity contribution in [3.8, 4) is 0 Å². The summed E-state index contributed by atoms with van der Waals surface area (Å²) in [5.41, 5.74) is 5.36. The number of nitrogens with two attached hydrogens (primary N) is 1. The van der Waals surface area contributed by atoms with Crippen molar-refractivity contribution < 1.29 is 14.6 Å². The average molecular weight is 230 g/mol. The van der Waals surface area contributed by atoms with Crippen LogP contribution in [-0.4, -0.2) is 42.4 Å². The predicted molar refractivity (Wildman–Crippen MR) is 60.9 cm³/mol. The van der Waals surface area contributed by atoms with Crippen LogP contribution < -0.4 is 11.1 Å². The van der Waals surface area contributed by atoms with Gasteiger partial charge in [-0.2, -0.15) is 0 Å². The molecule has 1 rings (SSSR count). The second kappa shape index (κ2) is 5.61. The molecule has 1 aliphatic carbocycles. The van der Waals surface area contributed by atoms with Gasteiger partial charge in [-0.25, -0.2) is 0 Å². The molecule has 0 heterocycles. The summed E-state index contributed by atoms with van der Waals surface area (Å²) >= 11 is 0. The Balaban J connectivity index is 2.25. The quantitative estimate of drug-likeness (QED) is 0.588. The van der Waals surface area contributed by atoms with Gasteiger partial charge in [-0.15, -0.1) is 0 Å². The first kappa shape index (κ1) is 13.4. The average Bonchev–Trinajstić information content (AvgIpc) is 2.19. The Labute approximate surface area is 96.3 Å². The lowest BCUT2D eigenvalue weighted by atomic mass is 9.77. The first-order chi connectivity index (χ1) is 7.49. The maximum absolute atomic E-state index is 11.6. The first-order valence-electron chi connectivity index (χ1n) is 5.74. The minimum atomic E-state index is -0.611. The topological polar surface area (TPSA) is 84.6 Å². The standard InChI is InChI=1S/C11H22N2O3/c1-8(14)9(12)7-13-10(15)6-11(16-2)4-3-5-11/h8-9,14H,3-7,12H2,1-2H3,(H,13,15). The Bertz CT molecular complexity index is 234. The van der Waals surface area contributed by atoms with Gasteiger partial charge in [0.2, 0.25) is 5.91 Å². The van der Waals surface area contributed by atoms with Gasteiger partial charge < -0.3 is 20.9 Å². The second-order valence-corrected chi connectivity index (χ2v) is 4.63. The number of nitrogens with one attached hydrogen (secondary N) is 1. The molecule has 1 amide bonds. The molecule has 1 aliphatic rings. The lowest BCUT2D eigenvalue weighted by Gasteiger charge is -2.40. The number of methoxy groups -OCH3 is 1. The van der Waals surface area contributed by atoms with Crippen LogP contribution >= 0.6 is 0 Å². The molecular weight excluding hydrogens is 208 g/mol.